The summed E-state index contributed by atoms with van der Waals surface area (Å²) in [5, 5.41) is 4.56. The van der Waals surface area contributed by atoms with Gasteiger partial charge >= 0.3 is 0 Å². The van der Waals surface area contributed by atoms with Gasteiger partial charge in [0.05, 0.1) is 11.9 Å². The van der Waals surface area contributed by atoms with Crippen LogP contribution in [0.15, 0.2) is 16.9 Å². The molecule has 7 nitrogen and oxygen atoms in total. The largest absolute Gasteiger partial charge is 0.443 e. The second-order valence-electron chi connectivity index (χ2n) is 5.82. The van der Waals surface area contributed by atoms with E-state index in [0.29, 0.717) is 29.0 Å². The monoisotopic (exact) mass is 300 g/mol. The fraction of sp³-hybridized carbons (Fsp3) is 0.467. The quantitative estimate of drug-likeness (QED) is 0.778. The minimum absolute atomic E-state index is 0.335. The van der Waals surface area contributed by atoms with Crippen LogP contribution in [0, 0.1) is 12.8 Å². The van der Waals surface area contributed by atoms with Crippen LogP contribution in [0.1, 0.15) is 38.2 Å². The summed E-state index contributed by atoms with van der Waals surface area (Å²) in [7, 11) is 0. The van der Waals surface area contributed by atoms with E-state index < -0.39 is 0 Å². The fourth-order valence-corrected chi connectivity index (χ4v) is 2.42. The summed E-state index contributed by atoms with van der Waals surface area (Å²) in [5.74, 6) is 2.24. The molecule has 0 amide bonds. The number of anilines is 1. The van der Waals surface area contributed by atoms with Gasteiger partial charge in [-0.25, -0.2) is 19.5 Å². The minimum Gasteiger partial charge on any atom is -0.443 e. The summed E-state index contributed by atoms with van der Waals surface area (Å²) in [5.41, 5.74) is 8.01. The SMILES string of the molecule is Cc1c(-c2ncco2)nc(N)c2nc(CCCC(C)C)nn12. The number of oxazole rings is 1. The van der Waals surface area contributed by atoms with Crippen LogP contribution in [0.4, 0.5) is 5.82 Å². The molecule has 116 valence electrons. The molecule has 0 bridgehead atoms. The molecule has 3 heterocycles. The van der Waals surface area contributed by atoms with Crippen molar-refractivity contribution in [2.75, 3.05) is 5.73 Å². The Morgan fingerprint density at radius 3 is 2.82 bits per heavy atom. The molecule has 7 heteroatoms. The van der Waals surface area contributed by atoms with Crippen LogP contribution < -0.4 is 5.73 Å². The number of nitrogens with two attached hydrogens (primary N) is 1. The highest BCUT2D eigenvalue weighted by Gasteiger charge is 2.17. The third-order valence-corrected chi connectivity index (χ3v) is 3.59. The van der Waals surface area contributed by atoms with Gasteiger partial charge in [0.25, 0.3) is 0 Å². The molecule has 0 aliphatic rings. The van der Waals surface area contributed by atoms with Crippen LogP contribution >= 0.6 is 0 Å². The van der Waals surface area contributed by atoms with Crippen molar-refractivity contribution < 1.29 is 4.42 Å². The zero-order valence-electron chi connectivity index (χ0n) is 13.1. The van der Waals surface area contributed by atoms with Crippen molar-refractivity contribution in [3.05, 3.63) is 24.0 Å². The highest BCUT2D eigenvalue weighted by Crippen LogP contribution is 2.23. The summed E-state index contributed by atoms with van der Waals surface area (Å²) in [6, 6.07) is 0. The molecule has 3 aromatic rings. The molecule has 0 unspecified atom stereocenters. The van der Waals surface area contributed by atoms with E-state index in [1.807, 2.05) is 6.92 Å². The van der Waals surface area contributed by atoms with E-state index in [9.17, 15) is 0 Å². The molecule has 2 N–H and O–H groups in total. The Hall–Kier alpha value is -2.44. The van der Waals surface area contributed by atoms with Crippen LogP contribution in [0.25, 0.3) is 17.2 Å². The Balaban J connectivity index is 1.97. The highest BCUT2D eigenvalue weighted by atomic mass is 16.3. The third kappa shape index (κ3) is 2.66. The maximum Gasteiger partial charge on any atom is 0.246 e. The first-order valence-electron chi connectivity index (χ1n) is 7.48. The predicted molar refractivity (Wildman–Crippen MR) is 83.2 cm³/mol. The predicted octanol–water partition coefficient (Wildman–Crippen LogP) is 2.65. The molecule has 0 saturated heterocycles. The van der Waals surface area contributed by atoms with Crippen molar-refractivity contribution in [1.29, 1.82) is 0 Å². The van der Waals surface area contributed by atoms with Crippen molar-refractivity contribution in [2.24, 2.45) is 5.92 Å². The Kier molecular flexibility index (Phi) is 3.79. The molecule has 3 rings (SSSR count). The second kappa shape index (κ2) is 5.75. The zero-order chi connectivity index (χ0) is 15.7. The van der Waals surface area contributed by atoms with Crippen molar-refractivity contribution in [3.8, 4) is 11.6 Å². The van der Waals surface area contributed by atoms with Crippen LogP contribution in [-0.2, 0) is 6.42 Å². The van der Waals surface area contributed by atoms with E-state index in [-0.39, 0.29) is 0 Å². The van der Waals surface area contributed by atoms with Gasteiger partial charge < -0.3 is 10.2 Å². The molecule has 0 aromatic carbocycles. The molecule has 22 heavy (non-hydrogen) atoms. The normalized spacial score (nSPS) is 11.6. The molecule has 0 radical (unpaired) electrons. The fourth-order valence-electron chi connectivity index (χ4n) is 2.42. The van der Waals surface area contributed by atoms with E-state index in [0.717, 1.165) is 30.8 Å². The first kappa shape index (κ1) is 14.5. The number of fused-ring (bicyclic) bond motifs is 1. The van der Waals surface area contributed by atoms with Gasteiger partial charge in [-0.3, -0.25) is 0 Å². The first-order chi connectivity index (χ1) is 10.6. The number of nitrogen functional groups attached to an aromatic ring is 1. The zero-order valence-corrected chi connectivity index (χ0v) is 13.1. The molecular weight excluding hydrogens is 280 g/mol. The lowest BCUT2D eigenvalue weighted by Crippen LogP contribution is -2.04. The van der Waals surface area contributed by atoms with E-state index in [1.54, 1.807) is 10.7 Å². The number of aromatic nitrogens is 5. The van der Waals surface area contributed by atoms with Gasteiger partial charge in [0, 0.05) is 6.42 Å². The average molecular weight is 300 g/mol. The number of nitrogens with zero attached hydrogens (tertiary/aromatic N) is 5. The van der Waals surface area contributed by atoms with Crippen molar-refractivity contribution in [1.82, 2.24) is 24.6 Å². The van der Waals surface area contributed by atoms with Crippen LogP contribution in [0.3, 0.4) is 0 Å². The van der Waals surface area contributed by atoms with Crippen molar-refractivity contribution in [3.63, 3.8) is 0 Å². The lowest BCUT2D eigenvalue weighted by atomic mass is 10.1. The number of rotatable bonds is 5. The van der Waals surface area contributed by atoms with Crippen molar-refractivity contribution >= 4 is 11.5 Å². The average Bonchev–Trinajstić information content (AvgIpc) is 3.11. The van der Waals surface area contributed by atoms with Crippen LogP contribution in [-0.4, -0.2) is 24.6 Å². The van der Waals surface area contributed by atoms with Crippen LogP contribution in [0.2, 0.25) is 0 Å². The Morgan fingerprint density at radius 2 is 2.14 bits per heavy atom. The van der Waals surface area contributed by atoms with Crippen molar-refractivity contribution in [2.45, 2.75) is 40.0 Å². The summed E-state index contributed by atoms with van der Waals surface area (Å²) in [4.78, 5) is 13.0. The van der Waals surface area contributed by atoms with Gasteiger partial charge in [-0.15, -0.1) is 0 Å². The third-order valence-electron chi connectivity index (χ3n) is 3.59. The van der Waals surface area contributed by atoms with Gasteiger partial charge in [-0.2, -0.15) is 5.10 Å². The molecule has 0 aliphatic heterocycles. The Labute approximate surface area is 128 Å². The smallest absolute Gasteiger partial charge is 0.246 e. The van der Waals surface area contributed by atoms with E-state index in [2.05, 4.69) is 33.9 Å². The topological polar surface area (TPSA) is 95.1 Å². The van der Waals surface area contributed by atoms with Gasteiger partial charge in [0.1, 0.15) is 12.0 Å². The molecule has 0 fully saturated rings. The molecular formula is C15H20N6O. The molecule has 0 atom stereocenters. The van der Waals surface area contributed by atoms with Gasteiger partial charge in [0.2, 0.25) is 5.89 Å². The number of hydrogen-bond acceptors (Lipinski definition) is 6. The maximum absolute atomic E-state index is 6.02. The number of aryl methyl sites for hydroxylation is 2. The standard InChI is InChI=1S/C15H20N6O/c1-9(2)5-4-6-11-18-14-13(16)19-12(10(3)21(14)20-11)15-17-7-8-22-15/h7-9H,4-6H2,1-3H3,(H2,16,19). The molecule has 0 spiro atoms. The first-order valence-corrected chi connectivity index (χ1v) is 7.48. The summed E-state index contributed by atoms with van der Waals surface area (Å²) in [6.07, 6.45) is 6.15. The second-order valence-corrected chi connectivity index (χ2v) is 5.82. The maximum atomic E-state index is 6.02. The summed E-state index contributed by atoms with van der Waals surface area (Å²) in [6.45, 7) is 6.34. The highest BCUT2D eigenvalue weighted by molar-refractivity contribution is 5.65. The van der Waals surface area contributed by atoms with Gasteiger partial charge in [0.15, 0.2) is 17.3 Å². The van der Waals surface area contributed by atoms with E-state index in [1.165, 1.54) is 6.26 Å². The lowest BCUT2D eigenvalue weighted by molar-refractivity contribution is 0.549. The Bertz CT molecular complexity index is 775. The molecule has 0 aliphatic carbocycles. The number of hydrogen-bond donors (Lipinski definition) is 1. The van der Waals surface area contributed by atoms with E-state index in [4.69, 9.17) is 10.2 Å². The Morgan fingerprint density at radius 1 is 1.32 bits per heavy atom. The van der Waals surface area contributed by atoms with Crippen LogP contribution in [0.5, 0.6) is 0 Å². The lowest BCUT2D eigenvalue weighted by Gasteiger charge is -2.04. The summed E-state index contributed by atoms with van der Waals surface area (Å²) < 4.78 is 7.04. The minimum atomic E-state index is 0.335. The van der Waals surface area contributed by atoms with Gasteiger partial charge in [-0.05, 0) is 19.3 Å². The summed E-state index contributed by atoms with van der Waals surface area (Å²) >= 11 is 0. The molecule has 0 saturated carbocycles. The molecule has 3 aromatic heterocycles. The van der Waals surface area contributed by atoms with Gasteiger partial charge in [-0.1, -0.05) is 20.3 Å². The van der Waals surface area contributed by atoms with E-state index >= 15 is 0 Å².